The molecule has 1 aromatic rings. The second-order valence-corrected chi connectivity index (χ2v) is 6.01. The van der Waals surface area contributed by atoms with E-state index in [-0.39, 0.29) is 12.3 Å². The van der Waals surface area contributed by atoms with Gasteiger partial charge in [0.1, 0.15) is 11.8 Å². The summed E-state index contributed by atoms with van der Waals surface area (Å²) in [6.07, 6.45) is 0.236. The van der Waals surface area contributed by atoms with E-state index in [1.54, 1.807) is 4.90 Å². The van der Waals surface area contributed by atoms with E-state index in [2.05, 4.69) is 18.7 Å². The number of nitrogens with zero attached hydrogens (tertiary/aromatic N) is 2. The first kappa shape index (κ1) is 17.3. The molecule has 1 fully saturated rings. The highest BCUT2D eigenvalue weighted by Gasteiger charge is 2.34. The molecule has 1 aliphatic heterocycles. The number of para-hydroxylation sites is 1. The van der Waals surface area contributed by atoms with E-state index in [0.717, 1.165) is 12.3 Å². The smallest absolute Gasteiger partial charge is 0.241 e. The fourth-order valence-corrected chi connectivity index (χ4v) is 2.73. The zero-order valence-electron chi connectivity index (χ0n) is 13.8. The number of carbonyl (C=O) groups is 2. The topological polar surface area (TPSA) is 75.9 Å². The molecule has 0 spiro atoms. The Morgan fingerprint density at radius 3 is 2.57 bits per heavy atom. The molecule has 6 heteroatoms. The van der Waals surface area contributed by atoms with Crippen molar-refractivity contribution in [2.24, 2.45) is 5.73 Å². The third-order valence-electron chi connectivity index (χ3n) is 4.12. The molecule has 0 aromatic heterocycles. The second kappa shape index (κ2) is 7.97. The lowest BCUT2D eigenvalue weighted by Gasteiger charge is -2.41. The molecule has 2 N–H and O–H groups in total. The molecule has 2 amide bonds. The van der Waals surface area contributed by atoms with Crippen molar-refractivity contribution in [1.29, 1.82) is 0 Å². The summed E-state index contributed by atoms with van der Waals surface area (Å²) in [6.45, 7) is 6.21. The van der Waals surface area contributed by atoms with Gasteiger partial charge >= 0.3 is 0 Å². The summed E-state index contributed by atoms with van der Waals surface area (Å²) in [5.41, 5.74) is 5.49. The lowest BCUT2D eigenvalue weighted by molar-refractivity contribution is -0.143. The largest absolute Gasteiger partial charge is 0.493 e. The Morgan fingerprint density at radius 1 is 1.26 bits per heavy atom. The summed E-state index contributed by atoms with van der Waals surface area (Å²) in [5.74, 6) is 0.192. The van der Waals surface area contributed by atoms with Crippen LogP contribution in [0, 0.1) is 0 Å². The Bertz CT molecular complexity index is 533. The summed E-state index contributed by atoms with van der Waals surface area (Å²) in [5, 5.41) is 0. The minimum absolute atomic E-state index is 0.0897. The molecule has 23 heavy (non-hydrogen) atoms. The lowest BCUT2D eigenvalue weighted by Crippen LogP contribution is -2.61. The van der Waals surface area contributed by atoms with Crippen molar-refractivity contribution in [3.05, 3.63) is 30.3 Å². The summed E-state index contributed by atoms with van der Waals surface area (Å²) in [7, 11) is 0. The van der Waals surface area contributed by atoms with Crippen LogP contribution in [0.3, 0.4) is 0 Å². The first-order chi connectivity index (χ1) is 11.0. The van der Waals surface area contributed by atoms with Gasteiger partial charge in [-0.25, -0.2) is 0 Å². The predicted octanol–water partition coefficient (Wildman–Crippen LogP) is 0.862. The average Bonchev–Trinajstić information content (AvgIpc) is 2.55. The van der Waals surface area contributed by atoms with Crippen molar-refractivity contribution in [3.8, 4) is 5.75 Å². The van der Waals surface area contributed by atoms with E-state index in [1.807, 2.05) is 30.3 Å². The Kier molecular flexibility index (Phi) is 5.98. The van der Waals surface area contributed by atoms with Gasteiger partial charge in [-0.2, -0.15) is 0 Å². The number of benzene rings is 1. The van der Waals surface area contributed by atoms with E-state index in [9.17, 15) is 9.59 Å². The number of primary amides is 1. The number of ether oxygens (including phenoxy) is 1. The van der Waals surface area contributed by atoms with E-state index in [1.165, 1.54) is 0 Å². The van der Waals surface area contributed by atoms with Gasteiger partial charge in [0.05, 0.1) is 13.0 Å². The molecule has 0 bridgehead atoms. The summed E-state index contributed by atoms with van der Waals surface area (Å²) >= 11 is 0. The number of hydrogen-bond acceptors (Lipinski definition) is 4. The van der Waals surface area contributed by atoms with Crippen molar-refractivity contribution < 1.29 is 14.3 Å². The van der Waals surface area contributed by atoms with Gasteiger partial charge in [0.25, 0.3) is 0 Å². The number of hydrogen-bond donors (Lipinski definition) is 1. The van der Waals surface area contributed by atoms with Crippen LogP contribution in [0.2, 0.25) is 0 Å². The van der Waals surface area contributed by atoms with Gasteiger partial charge in [-0.05, 0) is 26.0 Å². The normalized spacial score (nSPS) is 18.9. The van der Waals surface area contributed by atoms with Crippen LogP contribution in [0.25, 0.3) is 0 Å². The van der Waals surface area contributed by atoms with Crippen LogP contribution in [0.4, 0.5) is 0 Å². The molecule has 6 nitrogen and oxygen atoms in total. The van der Waals surface area contributed by atoms with E-state index in [4.69, 9.17) is 10.5 Å². The fraction of sp³-hybridized carbons (Fsp3) is 0.529. The maximum atomic E-state index is 12.4. The zero-order valence-corrected chi connectivity index (χ0v) is 13.8. The van der Waals surface area contributed by atoms with Gasteiger partial charge in [-0.3, -0.25) is 14.5 Å². The SMILES string of the molecule is CC(C)N1CCN(C(=O)CCOc2ccccc2)C(C(N)=O)C1. The molecule has 0 radical (unpaired) electrons. The van der Waals surface area contributed by atoms with Gasteiger partial charge in [0.2, 0.25) is 11.8 Å². The molecule has 0 aliphatic carbocycles. The predicted molar refractivity (Wildman–Crippen MR) is 88.0 cm³/mol. The first-order valence-corrected chi connectivity index (χ1v) is 7.99. The van der Waals surface area contributed by atoms with Crippen LogP contribution in [0.15, 0.2) is 30.3 Å². The van der Waals surface area contributed by atoms with E-state index < -0.39 is 11.9 Å². The Morgan fingerprint density at radius 2 is 1.96 bits per heavy atom. The Hall–Kier alpha value is -2.08. The highest BCUT2D eigenvalue weighted by atomic mass is 16.5. The Labute approximate surface area is 137 Å². The minimum atomic E-state index is -0.560. The Balaban J connectivity index is 1.88. The summed E-state index contributed by atoms with van der Waals surface area (Å²) < 4.78 is 5.55. The molecule has 1 heterocycles. The molecule has 0 saturated carbocycles. The number of piperazine rings is 1. The van der Waals surface area contributed by atoms with Crippen LogP contribution >= 0.6 is 0 Å². The molecule has 1 unspecified atom stereocenters. The van der Waals surface area contributed by atoms with Gasteiger partial charge in [0.15, 0.2) is 0 Å². The summed E-state index contributed by atoms with van der Waals surface area (Å²) in [4.78, 5) is 27.9. The number of nitrogens with two attached hydrogens (primary N) is 1. The third kappa shape index (κ3) is 4.69. The maximum Gasteiger partial charge on any atom is 0.241 e. The van der Waals surface area contributed by atoms with E-state index >= 15 is 0 Å². The molecular weight excluding hydrogens is 294 g/mol. The number of rotatable bonds is 6. The van der Waals surface area contributed by atoms with Crippen LogP contribution in [0.1, 0.15) is 20.3 Å². The molecular formula is C17H25N3O3. The molecule has 126 valence electrons. The molecule has 1 atom stereocenters. The van der Waals surface area contributed by atoms with Gasteiger partial charge < -0.3 is 15.4 Å². The number of carbonyl (C=O) groups excluding carboxylic acids is 2. The second-order valence-electron chi connectivity index (χ2n) is 6.01. The van der Waals surface area contributed by atoms with E-state index in [0.29, 0.717) is 25.7 Å². The van der Waals surface area contributed by atoms with Crippen LogP contribution in [-0.2, 0) is 9.59 Å². The molecule has 1 aromatic carbocycles. The third-order valence-corrected chi connectivity index (χ3v) is 4.12. The summed E-state index contributed by atoms with van der Waals surface area (Å²) in [6, 6.07) is 9.13. The first-order valence-electron chi connectivity index (χ1n) is 7.99. The van der Waals surface area contributed by atoms with Crippen molar-refractivity contribution in [1.82, 2.24) is 9.80 Å². The monoisotopic (exact) mass is 319 g/mol. The van der Waals surface area contributed by atoms with Crippen molar-refractivity contribution in [2.75, 3.05) is 26.2 Å². The van der Waals surface area contributed by atoms with Crippen molar-refractivity contribution in [3.63, 3.8) is 0 Å². The molecule has 1 aliphatic rings. The lowest BCUT2D eigenvalue weighted by atomic mass is 10.1. The highest BCUT2D eigenvalue weighted by molar-refractivity contribution is 5.87. The highest BCUT2D eigenvalue weighted by Crippen LogP contribution is 2.14. The van der Waals surface area contributed by atoms with Crippen molar-refractivity contribution in [2.45, 2.75) is 32.4 Å². The number of amides is 2. The van der Waals surface area contributed by atoms with Crippen molar-refractivity contribution >= 4 is 11.8 Å². The fourth-order valence-electron chi connectivity index (χ4n) is 2.73. The van der Waals surface area contributed by atoms with Gasteiger partial charge in [-0.15, -0.1) is 0 Å². The van der Waals surface area contributed by atoms with Crippen LogP contribution in [-0.4, -0.2) is 59.9 Å². The zero-order chi connectivity index (χ0) is 16.8. The van der Waals surface area contributed by atoms with Gasteiger partial charge in [0, 0.05) is 25.7 Å². The standard InChI is InChI=1S/C17H25N3O3/c1-13(2)19-9-10-20(15(12-19)17(18)22)16(21)8-11-23-14-6-4-3-5-7-14/h3-7,13,15H,8-12H2,1-2H3,(H2,18,22). The minimum Gasteiger partial charge on any atom is -0.493 e. The molecule has 2 rings (SSSR count). The molecule has 1 saturated heterocycles. The average molecular weight is 319 g/mol. The maximum absolute atomic E-state index is 12.4. The van der Waals surface area contributed by atoms with Crippen LogP contribution in [0.5, 0.6) is 5.75 Å². The van der Waals surface area contributed by atoms with Gasteiger partial charge in [-0.1, -0.05) is 18.2 Å². The van der Waals surface area contributed by atoms with Crippen LogP contribution < -0.4 is 10.5 Å². The quantitative estimate of drug-likeness (QED) is 0.844.